The van der Waals surface area contributed by atoms with Crippen LogP contribution in [0.2, 0.25) is 0 Å². The van der Waals surface area contributed by atoms with Crippen LogP contribution < -0.4 is 5.32 Å². The Labute approximate surface area is 118 Å². The van der Waals surface area contributed by atoms with Crippen molar-refractivity contribution in [3.8, 4) is 6.07 Å². The van der Waals surface area contributed by atoms with Crippen LogP contribution in [0.3, 0.4) is 0 Å². The zero-order valence-electron chi connectivity index (χ0n) is 11.2. The van der Waals surface area contributed by atoms with Gasteiger partial charge >= 0.3 is 0 Å². The standard InChI is InChI=1S/C15H19FN2S/c1-18-15(11-17)9-4-5-12(15)8-10-19-14-7-3-2-6-13(14)16/h2-3,6-7,12,18H,4-5,8-10H2,1H3. The molecule has 0 saturated heterocycles. The molecule has 1 aliphatic carbocycles. The van der Waals surface area contributed by atoms with Gasteiger partial charge in [0.2, 0.25) is 0 Å². The van der Waals surface area contributed by atoms with Crippen molar-refractivity contribution in [2.24, 2.45) is 5.92 Å². The Balaban J connectivity index is 1.90. The van der Waals surface area contributed by atoms with Crippen LogP contribution in [0.25, 0.3) is 0 Å². The SMILES string of the molecule is CNC1(C#N)CCCC1CCSc1ccccc1F. The highest BCUT2D eigenvalue weighted by atomic mass is 32.2. The molecule has 0 aromatic heterocycles. The van der Waals surface area contributed by atoms with Crippen LogP contribution in [-0.2, 0) is 0 Å². The molecule has 102 valence electrons. The minimum absolute atomic E-state index is 0.154. The van der Waals surface area contributed by atoms with Crippen molar-refractivity contribution >= 4 is 11.8 Å². The third-order valence-electron chi connectivity index (χ3n) is 4.03. The Morgan fingerprint density at radius 1 is 1.53 bits per heavy atom. The highest BCUT2D eigenvalue weighted by molar-refractivity contribution is 7.99. The van der Waals surface area contributed by atoms with Crippen LogP contribution in [0.4, 0.5) is 4.39 Å². The van der Waals surface area contributed by atoms with E-state index in [1.54, 1.807) is 17.8 Å². The molecule has 1 saturated carbocycles. The fourth-order valence-corrected chi connectivity index (χ4v) is 3.88. The first-order valence-corrected chi connectivity index (χ1v) is 7.68. The summed E-state index contributed by atoms with van der Waals surface area (Å²) in [4.78, 5) is 0.701. The lowest BCUT2D eigenvalue weighted by Gasteiger charge is -2.28. The van der Waals surface area contributed by atoms with Gasteiger partial charge in [-0.15, -0.1) is 11.8 Å². The van der Waals surface area contributed by atoms with Gasteiger partial charge in [0.05, 0.1) is 6.07 Å². The highest BCUT2D eigenvalue weighted by Gasteiger charge is 2.41. The second-order valence-electron chi connectivity index (χ2n) is 4.99. The van der Waals surface area contributed by atoms with Gasteiger partial charge in [-0.3, -0.25) is 0 Å². The minimum atomic E-state index is -0.365. The number of halogens is 1. The lowest BCUT2D eigenvalue weighted by atomic mass is 9.87. The van der Waals surface area contributed by atoms with Crippen molar-refractivity contribution in [1.82, 2.24) is 5.32 Å². The molecular weight excluding hydrogens is 259 g/mol. The Bertz CT molecular complexity index is 471. The molecule has 0 bridgehead atoms. The normalized spacial score (nSPS) is 26.3. The first kappa shape index (κ1) is 14.4. The second-order valence-corrected chi connectivity index (χ2v) is 6.13. The number of nitrogens with one attached hydrogen (secondary N) is 1. The van der Waals surface area contributed by atoms with Crippen molar-refractivity contribution in [1.29, 1.82) is 5.26 Å². The molecule has 1 fully saturated rings. The Kier molecular flexibility index (Phi) is 4.84. The molecule has 2 rings (SSSR count). The fourth-order valence-electron chi connectivity index (χ4n) is 2.87. The number of hydrogen-bond acceptors (Lipinski definition) is 3. The maximum Gasteiger partial charge on any atom is 0.136 e. The van der Waals surface area contributed by atoms with Gasteiger partial charge in [-0.2, -0.15) is 5.26 Å². The molecular formula is C15H19FN2S. The zero-order valence-corrected chi connectivity index (χ0v) is 12.0. The molecule has 1 N–H and O–H groups in total. The lowest BCUT2D eigenvalue weighted by molar-refractivity contribution is 0.332. The van der Waals surface area contributed by atoms with E-state index in [2.05, 4.69) is 11.4 Å². The number of nitrogens with zero attached hydrogens (tertiary/aromatic N) is 1. The first-order chi connectivity index (χ1) is 9.22. The van der Waals surface area contributed by atoms with Gasteiger partial charge in [-0.25, -0.2) is 4.39 Å². The molecule has 0 spiro atoms. The van der Waals surface area contributed by atoms with Gasteiger partial charge < -0.3 is 5.32 Å². The number of thioether (sulfide) groups is 1. The van der Waals surface area contributed by atoms with Crippen LogP contribution in [0.15, 0.2) is 29.2 Å². The molecule has 4 heteroatoms. The third kappa shape index (κ3) is 3.10. The van der Waals surface area contributed by atoms with Gasteiger partial charge in [-0.1, -0.05) is 18.6 Å². The summed E-state index contributed by atoms with van der Waals surface area (Å²) in [5.41, 5.74) is -0.365. The van der Waals surface area contributed by atoms with Crippen LogP contribution >= 0.6 is 11.8 Å². The number of rotatable bonds is 5. The van der Waals surface area contributed by atoms with Crippen molar-refractivity contribution in [2.45, 2.75) is 36.1 Å². The average Bonchev–Trinajstić information content (AvgIpc) is 2.84. The molecule has 0 radical (unpaired) electrons. The predicted octanol–water partition coefficient (Wildman–Crippen LogP) is 3.59. The van der Waals surface area contributed by atoms with E-state index in [1.165, 1.54) is 6.07 Å². The molecule has 1 aromatic carbocycles. The molecule has 1 aliphatic rings. The van der Waals surface area contributed by atoms with E-state index in [0.717, 1.165) is 31.4 Å². The summed E-state index contributed by atoms with van der Waals surface area (Å²) in [6.07, 6.45) is 4.07. The van der Waals surface area contributed by atoms with E-state index in [-0.39, 0.29) is 11.4 Å². The Morgan fingerprint density at radius 3 is 3.00 bits per heavy atom. The molecule has 0 aliphatic heterocycles. The van der Waals surface area contributed by atoms with Crippen LogP contribution in [-0.4, -0.2) is 18.3 Å². The maximum absolute atomic E-state index is 13.5. The Hall–Kier alpha value is -1.05. The van der Waals surface area contributed by atoms with E-state index in [1.807, 2.05) is 19.2 Å². The quantitative estimate of drug-likeness (QED) is 0.836. The van der Waals surface area contributed by atoms with Crippen molar-refractivity contribution in [2.75, 3.05) is 12.8 Å². The van der Waals surface area contributed by atoms with E-state index >= 15 is 0 Å². The van der Waals surface area contributed by atoms with E-state index in [0.29, 0.717) is 10.8 Å². The third-order valence-corrected chi connectivity index (χ3v) is 5.11. The summed E-state index contributed by atoms with van der Waals surface area (Å²) in [5, 5.41) is 12.6. The zero-order chi connectivity index (χ0) is 13.7. The largest absolute Gasteiger partial charge is 0.302 e. The van der Waals surface area contributed by atoms with Gasteiger partial charge in [0.1, 0.15) is 11.4 Å². The summed E-state index contributed by atoms with van der Waals surface area (Å²) in [7, 11) is 1.87. The molecule has 1 aromatic rings. The minimum Gasteiger partial charge on any atom is -0.302 e. The van der Waals surface area contributed by atoms with Gasteiger partial charge in [0, 0.05) is 4.90 Å². The monoisotopic (exact) mass is 278 g/mol. The van der Waals surface area contributed by atoms with E-state index in [9.17, 15) is 9.65 Å². The Morgan fingerprint density at radius 2 is 2.32 bits per heavy atom. The molecule has 0 heterocycles. The molecule has 2 nitrogen and oxygen atoms in total. The maximum atomic E-state index is 13.5. The topological polar surface area (TPSA) is 35.8 Å². The van der Waals surface area contributed by atoms with Gasteiger partial charge in [0.25, 0.3) is 0 Å². The predicted molar refractivity (Wildman–Crippen MR) is 76.5 cm³/mol. The summed E-state index contributed by atoms with van der Waals surface area (Å²) in [6.45, 7) is 0. The van der Waals surface area contributed by atoms with Crippen LogP contribution in [0, 0.1) is 23.1 Å². The number of benzene rings is 1. The summed E-state index contributed by atoms with van der Waals surface area (Å²) < 4.78 is 13.5. The van der Waals surface area contributed by atoms with Crippen molar-refractivity contribution in [3.05, 3.63) is 30.1 Å². The molecule has 2 atom stereocenters. The lowest BCUT2D eigenvalue weighted by Crippen LogP contribution is -2.44. The van der Waals surface area contributed by atoms with E-state index < -0.39 is 0 Å². The first-order valence-electron chi connectivity index (χ1n) is 6.69. The smallest absolute Gasteiger partial charge is 0.136 e. The fraction of sp³-hybridized carbons (Fsp3) is 0.533. The summed E-state index contributed by atoms with van der Waals surface area (Å²) >= 11 is 1.54. The highest BCUT2D eigenvalue weighted by Crippen LogP contribution is 2.38. The van der Waals surface area contributed by atoms with Crippen molar-refractivity contribution in [3.63, 3.8) is 0 Å². The molecule has 19 heavy (non-hydrogen) atoms. The van der Waals surface area contributed by atoms with Gasteiger partial charge in [-0.05, 0) is 50.1 Å². The van der Waals surface area contributed by atoms with Gasteiger partial charge in [0.15, 0.2) is 0 Å². The summed E-state index contributed by atoms with van der Waals surface area (Å²) in [5.74, 6) is 1.08. The second kappa shape index (κ2) is 6.40. The number of nitriles is 1. The number of hydrogen-bond donors (Lipinski definition) is 1. The molecule has 0 amide bonds. The average molecular weight is 278 g/mol. The van der Waals surface area contributed by atoms with E-state index in [4.69, 9.17) is 0 Å². The van der Waals surface area contributed by atoms with Crippen LogP contribution in [0.1, 0.15) is 25.7 Å². The molecule has 2 unspecified atom stereocenters. The van der Waals surface area contributed by atoms with Crippen LogP contribution in [0.5, 0.6) is 0 Å². The summed E-state index contributed by atoms with van der Waals surface area (Å²) in [6, 6.07) is 9.31. The van der Waals surface area contributed by atoms with Crippen molar-refractivity contribution < 1.29 is 4.39 Å².